The van der Waals surface area contributed by atoms with Crippen LogP contribution >= 0.6 is 11.8 Å². The van der Waals surface area contributed by atoms with Crippen LogP contribution in [-0.4, -0.2) is 27.5 Å². The third-order valence-electron chi connectivity index (χ3n) is 2.89. The average molecular weight is 227 g/mol. The van der Waals surface area contributed by atoms with Gasteiger partial charge in [0.1, 0.15) is 0 Å². The fourth-order valence-electron chi connectivity index (χ4n) is 1.67. The highest BCUT2D eigenvalue weighted by Gasteiger charge is 2.35. The van der Waals surface area contributed by atoms with Gasteiger partial charge in [-0.15, -0.1) is 0 Å². The fraction of sp³-hybridized carbons (Fsp3) is 0.600. The van der Waals surface area contributed by atoms with E-state index in [9.17, 15) is 4.39 Å². The molecule has 1 heterocycles. The van der Waals surface area contributed by atoms with Gasteiger partial charge in [0.25, 0.3) is 0 Å². The Morgan fingerprint density at radius 3 is 2.60 bits per heavy atom. The van der Waals surface area contributed by atoms with Crippen LogP contribution in [0.1, 0.15) is 19.3 Å². The predicted molar refractivity (Wildman–Crippen MR) is 60.6 cm³/mol. The van der Waals surface area contributed by atoms with E-state index in [1.54, 1.807) is 0 Å². The second kappa shape index (κ2) is 4.35. The van der Waals surface area contributed by atoms with Gasteiger partial charge in [-0.05, 0) is 19.1 Å². The van der Waals surface area contributed by atoms with Gasteiger partial charge in [0.2, 0.25) is 5.95 Å². The molecule has 1 fully saturated rings. The van der Waals surface area contributed by atoms with E-state index < -0.39 is 5.82 Å². The average Bonchev–Trinajstić information content (AvgIpc) is 2.20. The molecule has 1 aromatic rings. The van der Waals surface area contributed by atoms with Crippen molar-refractivity contribution in [2.45, 2.75) is 24.0 Å². The van der Waals surface area contributed by atoms with E-state index in [0.29, 0.717) is 10.7 Å². The van der Waals surface area contributed by atoms with Gasteiger partial charge in [-0.1, -0.05) is 6.42 Å². The van der Waals surface area contributed by atoms with E-state index in [0.717, 1.165) is 6.54 Å². The van der Waals surface area contributed by atoms with Crippen molar-refractivity contribution in [3.63, 3.8) is 0 Å². The van der Waals surface area contributed by atoms with E-state index >= 15 is 0 Å². The zero-order chi connectivity index (χ0) is 10.7. The third kappa shape index (κ3) is 2.40. The minimum absolute atomic E-state index is 0.345. The highest BCUT2D eigenvalue weighted by molar-refractivity contribution is 8.00. The van der Waals surface area contributed by atoms with Gasteiger partial charge in [0, 0.05) is 11.3 Å². The van der Waals surface area contributed by atoms with Crippen LogP contribution in [-0.2, 0) is 0 Å². The Kier molecular flexibility index (Phi) is 3.09. The molecule has 82 valence electrons. The Hall–Kier alpha value is -0.840. The van der Waals surface area contributed by atoms with Crippen molar-refractivity contribution in [1.82, 2.24) is 9.97 Å². The SMILES string of the molecule is CSC1(CNc2ncc(F)cn2)CCC1. The van der Waals surface area contributed by atoms with E-state index in [2.05, 4.69) is 21.5 Å². The largest absolute Gasteiger partial charge is 0.353 e. The molecule has 0 saturated heterocycles. The molecule has 0 amide bonds. The number of nitrogens with one attached hydrogen (secondary N) is 1. The molecule has 0 spiro atoms. The Morgan fingerprint density at radius 1 is 1.47 bits per heavy atom. The van der Waals surface area contributed by atoms with Crippen molar-refractivity contribution >= 4 is 17.7 Å². The van der Waals surface area contributed by atoms with Crippen LogP contribution in [0, 0.1) is 5.82 Å². The van der Waals surface area contributed by atoms with Crippen LogP contribution in [0.4, 0.5) is 10.3 Å². The normalized spacial score (nSPS) is 18.3. The van der Waals surface area contributed by atoms with E-state index in [-0.39, 0.29) is 0 Å². The van der Waals surface area contributed by atoms with Gasteiger partial charge < -0.3 is 5.32 Å². The van der Waals surface area contributed by atoms with Crippen molar-refractivity contribution in [2.75, 3.05) is 18.1 Å². The van der Waals surface area contributed by atoms with Crippen LogP contribution < -0.4 is 5.32 Å². The molecule has 1 aliphatic carbocycles. The summed E-state index contributed by atoms with van der Waals surface area (Å²) in [6.45, 7) is 0.861. The maximum atomic E-state index is 12.5. The highest BCUT2D eigenvalue weighted by atomic mass is 32.2. The zero-order valence-corrected chi connectivity index (χ0v) is 9.48. The summed E-state index contributed by atoms with van der Waals surface area (Å²) in [6, 6.07) is 0. The molecule has 1 saturated carbocycles. The first kappa shape index (κ1) is 10.7. The van der Waals surface area contributed by atoms with Crippen molar-refractivity contribution < 1.29 is 4.39 Å². The lowest BCUT2D eigenvalue weighted by Crippen LogP contribution is -2.40. The van der Waals surface area contributed by atoms with E-state index in [4.69, 9.17) is 0 Å². The quantitative estimate of drug-likeness (QED) is 0.856. The number of hydrogen-bond acceptors (Lipinski definition) is 4. The summed E-state index contributed by atoms with van der Waals surface area (Å²) in [5.74, 6) is 0.112. The van der Waals surface area contributed by atoms with Gasteiger partial charge >= 0.3 is 0 Å². The summed E-state index contributed by atoms with van der Waals surface area (Å²) >= 11 is 1.89. The summed E-state index contributed by atoms with van der Waals surface area (Å²) in [4.78, 5) is 7.74. The lowest BCUT2D eigenvalue weighted by molar-refractivity contribution is 0.379. The van der Waals surface area contributed by atoms with Crippen molar-refractivity contribution in [1.29, 1.82) is 0 Å². The van der Waals surface area contributed by atoms with Gasteiger partial charge in [-0.3, -0.25) is 0 Å². The summed E-state index contributed by atoms with van der Waals surface area (Å²) in [6.07, 6.45) is 8.27. The smallest absolute Gasteiger partial charge is 0.222 e. The Morgan fingerprint density at radius 2 is 2.13 bits per heavy atom. The highest BCUT2D eigenvalue weighted by Crippen LogP contribution is 2.42. The first-order valence-corrected chi connectivity index (χ1v) is 6.23. The van der Waals surface area contributed by atoms with Crippen LogP contribution in [0.25, 0.3) is 0 Å². The van der Waals surface area contributed by atoms with E-state index in [1.165, 1.54) is 31.7 Å². The van der Waals surface area contributed by atoms with Crippen molar-refractivity contribution in [3.8, 4) is 0 Å². The number of rotatable bonds is 4. The molecule has 0 unspecified atom stereocenters. The number of aromatic nitrogens is 2. The standard InChI is InChI=1S/C10H14FN3S/c1-15-10(3-2-4-10)7-14-9-12-5-8(11)6-13-9/h5-6H,2-4,7H2,1H3,(H,12,13,14). The van der Waals surface area contributed by atoms with Gasteiger partial charge in [0.05, 0.1) is 12.4 Å². The minimum atomic E-state index is -0.399. The molecule has 0 atom stereocenters. The van der Waals surface area contributed by atoms with Gasteiger partial charge in [-0.2, -0.15) is 11.8 Å². The summed E-state index contributed by atoms with van der Waals surface area (Å²) in [5, 5.41) is 3.16. The summed E-state index contributed by atoms with van der Waals surface area (Å²) < 4.78 is 12.9. The second-order valence-corrected chi connectivity index (χ2v) is 5.09. The number of anilines is 1. The van der Waals surface area contributed by atoms with Gasteiger partial charge in [-0.25, -0.2) is 14.4 Å². The summed E-state index contributed by atoms with van der Waals surface area (Å²) in [7, 11) is 0. The molecule has 2 rings (SSSR count). The molecular weight excluding hydrogens is 213 g/mol. The Bertz CT molecular complexity index is 318. The number of hydrogen-bond donors (Lipinski definition) is 1. The maximum absolute atomic E-state index is 12.5. The number of halogens is 1. The molecule has 0 radical (unpaired) electrons. The van der Waals surface area contributed by atoms with Crippen LogP contribution in [0.15, 0.2) is 12.4 Å². The molecule has 5 heteroatoms. The maximum Gasteiger partial charge on any atom is 0.222 e. The molecule has 1 N–H and O–H groups in total. The second-order valence-electron chi connectivity index (χ2n) is 3.82. The molecular formula is C10H14FN3S. The number of nitrogens with zero attached hydrogens (tertiary/aromatic N) is 2. The first-order valence-electron chi connectivity index (χ1n) is 5.01. The lowest BCUT2D eigenvalue weighted by atomic mass is 9.84. The Balaban J connectivity index is 1.90. The zero-order valence-electron chi connectivity index (χ0n) is 8.66. The molecule has 0 aliphatic heterocycles. The van der Waals surface area contributed by atoms with E-state index in [1.807, 2.05) is 11.8 Å². The molecule has 1 aromatic heterocycles. The molecule has 3 nitrogen and oxygen atoms in total. The number of thioether (sulfide) groups is 1. The molecule has 15 heavy (non-hydrogen) atoms. The summed E-state index contributed by atoms with van der Waals surface area (Å²) in [5.41, 5.74) is 0. The molecule has 0 aromatic carbocycles. The monoisotopic (exact) mass is 227 g/mol. The Labute approximate surface area is 92.9 Å². The minimum Gasteiger partial charge on any atom is -0.353 e. The van der Waals surface area contributed by atoms with Crippen LogP contribution in [0.5, 0.6) is 0 Å². The molecule has 1 aliphatic rings. The predicted octanol–water partition coefficient (Wildman–Crippen LogP) is 2.31. The van der Waals surface area contributed by atoms with Crippen LogP contribution in [0.3, 0.4) is 0 Å². The first-order chi connectivity index (χ1) is 7.24. The topological polar surface area (TPSA) is 37.8 Å². The fourth-order valence-corrected chi connectivity index (χ4v) is 2.58. The van der Waals surface area contributed by atoms with Crippen LogP contribution in [0.2, 0.25) is 0 Å². The third-order valence-corrected chi connectivity index (χ3v) is 4.31. The van der Waals surface area contributed by atoms with Crippen molar-refractivity contribution in [3.05, 3.63) is 18.2 Å². The van der Waals surface area contributed by atoms with Crippen molar-refractivity contribution in [2.24, 2.45) is 0 Å². The lowest BCUT2D eigenvalue weighted by Gasteiger charge is -2.40. The molecule has 0 bridgehead atoms. The van der Waals surface area contributed by atoms with Gasteiger partial charge in [0.15, 0.2) is 5.82 Å².